The van der Waals surface area contributed by atoms with Gasteiger partial charge in [0.05, 0.1) is 13.3 Å². The molecule has 54 heavy (non-hydrogen) atoms. The summed E-state index contributed by atoms with van der Waals surface area (Å²) in [6, 6.07) is -0.0574. The zero-order valence-electron chi connectivity index (χ0n) is 37.7. The van der Waals surface area contributed by atoms with Gasteiger partial charge in [0, 0.05) is 0 Å². The quantitative estimate of drug-likeness (QED) is 0.0460. The first kappa shape index (κ1) is 50.9. The molecule has 3 amide bonds. The van der Waals surface area contributed by atoms with Crippen LogP contribution < -0.4 is 0 Å². The second-order valence-electron chi connectivity index (χ2n) is 17.5. The monoisotopic (exact) mass is 761 g/mol. The van der Waals surface area contributed by atoms with Gasteiger partial charge < -0.3 is 0 Å². The van der Waals surface area contributed by atoms with Crippen molar-refractivity contribution in [1.82, 2.24) is 19.6 Å². The summed E-state index contributed by atoms with van der Waals surface area (Å²) in [5.41, 5.74) is -0.767. The molecule has 0 aromatic rings. The standard InChI is InChI=1S/C48H96N4O2/c1-7-12-16-20-24-28-32-36-40-49(41-37-33-29-25-21-17-13-8-2)44-51-46(53)48(6,11-5)52(47(51)54)45-50(42-38-34-30-26-22-18-14-9-3)43-39-35-31-27-23-19-15-10-4/h7-45H2,1-6H3. The number of carbonyl (C=O) groups excluding carboxylic acids is 2. The number of rotatable bonds is 41. The molecule has 1 fully saturated rings. The van der Waals surface area contributed by atoms with Gasteiger partial charge in [-0.25, -0.2) is 9.69 Å². The fourth-order valence-corrected chi connectivity index (χ4v) is 8.32. The van der Waals surface area contributed by atoms with Crippen LogP contribution >= 0.6 is 0 Å². The zero-order chi connectivity index (χ0) is 39.5. The van der Waals surface area contributed by atoms with Crippen molar-refractivity contribution >= 4 is 11.9 Å². The highest BCUT2D eigenvalue weighted by Crippen LogP contribution is 2.32. The molecule has 1 rings (SSSR count). The predicted octanol–water partition coefficient (Wildman–Crippen LogP) is 14.5. The Labute approximate surface area is 338 Å². The van der Waals surface area contributed by atoms with Crippen molar-refractivity contribution in [2.45, 2.75) is 259 Å². The van der Waals surface area contributed by atoms with E-state index in [1.807, 2.05) is 11.8 Å². The van der Waals surface area contributed by atoms with Crippen LogP contribution in [-0.4, -0.2) is 76.6 Å². The Balaban J connectivity index is 2.89. The molecule has 6 nitrogen and oxygen atoms in total. The average Bonchev–Trinajstić information content (AvgIpc) is 3.34. The molecule has 0 spiro atoms. The highest BCUT2D eigenvalue weighted by Gasteiger charge is 2.53. The molecule has 6 heteroatoms. The molecule has 0 aromatic heterocycles. The molecule has 0 bridgehead atoms. The number of unbranched alkanes of at least 4 members (excludes halogenated alkanes) is 28. The maximum Gasteiger partial charge on any atom is 0.329 e. The third-order valence-electron chi connectivity index (χ3n) is 12.4. The summed E-state index contributed by atoms with van der Waals surface area (Å²) in [6.45, 7) is 18.3. The Kier molecular flexibility index (Phi) is 33.0. The molecule has 1 aliphatic heterocycles. The Bertz CT molecular complexity index is 828. The van der Waals surface area contributed by atoms with Crippen molar-refractivity contribution in [2.75, 3.05) is 39.5 Å². The molecule has 0 radical (unpaired) electrons. The number of amides is 3. The van der Waals surface area contributed by atoms with E-state index in [4.69, 9.17) is 0 Å². The fraction of sp³-hybridized carbons (Fsp3) is 0.958. The van der Waals surface area contributed by atoms with E-state index in [0.29, 0.717) is 19.8 Å². The lowest BCUT2D eigenvalue weighted by molar-refractivity contribution is -0.134. The number of hydrogen-bond acceptors (Lipinski definition) is 4. The van der Waals surface area contributed by atoms with Gasteiger partial charge in [-0.3, -0.25) is 19.5 Å². The highest BCUT2D eigenvalue weighted by molar-refractivity contribution is 6.06. The second kappa shape index (κ2) is 35.1. The Hall–Kier alpha value is -1.14. The SMILES string of the molecule is CCCCCCCCCCN(CCCCCCCCCC)CN1C(=O)N(CN(CCCCCCCCCC)CCCCCCCCCC)C(C)(CC)C1=O. The summed E-state index contributed by atoms with van der Waals surface area (Å²) in [5.74, 6) is 0.0194. The zero-order valence-corrected chi connectivity index (χ0v) is 37.7. The van der Waals surface area contributed by atoms with Gasteiger partial charge in [-0.1, -0.05) is 214 Å². The molecule has 0 saturated carbocycles. The maximum absolute atomic E-state index is 14.3. The van der Waals surface area contributed by atoms with Crippen LogP contribution in [0.15, 0.2) is 0 Å². The van der Waals surface area contributed by atoms with Crippen molar-refractivity contribution in [1.29, 1.82) is 0 Å². The van der Waals surface area contributed by atoms with Crippen LogP contribution in [0.5, 0.6) is 0 Å². The van der Waals surface area contributed by atoms with Crippen LogP contribution in [0.2, 0.25) is 0 Å². The number of carbonyl (C=O) groups is 2. The van der Waals surface area contributed by atoms with Gasteiger partial charge in [0.1, 0.15) is 5.54 Å². The minimum absolute atomic E-state index is 0.0194. The third-order valence-corrected chi connectivity index (χ3v) is 12.4. The topological polar surface area (TPSA) is 47.1 Å². The van der Waals surface area contributed by atoms with Crippen LogP contribution in [0.3, 0.4) is 0 Å². The second-order valence-corrected chi connectivity index (χ2v) is 17.5. The van der Waals surface area contributed by atoms with Gasteiger partial charge in [-0.05, 0) is 65.2 Å². The van der Waals surface area contributed by atoms with Crippen LogP contribution in [0.4, 0.5) is 4.79 Å². The van der Waals surface area contributed by atoms with E-state index in [9.17, 15) is 9.59 Å². The van der Waals surface area contributed by atoms with Crippen LogP contribution in [0.25, 0.3) is 0 Å². The fourth-order valence-electron chi connectivity index (χ4n) is 8.32. The molecule has 320 valence electrons. The van der Waals surface area contributed by atoms with Gasteiger partial charge in [0.15, 0.2) is 0 Å². The first-order valence-electron chi connectivity index (χ1n) is 24.5. The minimum atomic E-state index is -0.767. The van der Waals surface area contributed by atoms with Crippen molar-refractivity contribution in [3.8, 4) is 0 Å². The van der Waals surface area contributed by atoms with E-state index < -0.39 is 5.54 Å². The highest BCUT2D eigenvalue weighted by atomic mass is 16.2. The number of urea groups is 1. The van der Waals surface area contributed by atoms with Crippen molar-refractivity contribution < 1.29 is 9.59 Å². The lowest BCUT2D eigenvalue weighted by atomic mass is 9.97. The van der Waals surface area contributed by atoms with E-state index in [0.717, 1.165) is 39.0 Å². The molecule has 0 aliphatic carbocycles. The van der Waals surface area contributed by atoms with Gasteiger partial charge in [0.2, 0.25) is 0 Å². The van der Waals surface area contributed by atoms with Crippen LogP contribution in [-0.2, 0) is 4.79 Å². The smallest absolute Gasteiger partial charge is 0.297 e. The van der Waals surface area contributed by atoms with Crippen LogP contribution in [0.1, 0.15) is 253 Å². The van der Waals surface area contributed by atoms with E-state index in [1.54, 1.807) is 4.90 Å². The van der Waals surface area contributed by atoms with Gasteiger partial charge >= 0.3 is 6.03 Å². The summed E-state index contributed by atoms with van der Waals surface area (Å²) in [7, 11) is 0. The Morgan fingerprint density at radius 1 is 0.389 bits per heavy atom. The maximum atomic E-state index is 14.3. The van der Waals surface area contributed by atoms with Gasteiger partial charge in [0.25, 0.3) is 5.91 Å². The molecular weight excluding hydrogens is 665 g/mol. The largest absolute Gasteiger partial charge is 0.329 e. The first-order valence-corrected chi connectivity index (χ1v) is 24.5. The first-order chi connectivity index (χ1) is 26.4. The van der Waals surface area contributed by atoms with Crippen molar-refractivity contribution in [3.63, 3.8) is 0 Å². The summed E-state index contributed by atoms with van der Waals surface area (Å²) in [5, 5.41) is 0. The summed E-state index contributed by atoms with van der Waals surface area (Å²) in [4.78, 5) is 37.2. The molecule has 1 aliphatic rings. The summed E-state index contributed by atoms with van der Waals surface area (Å²) in [6.07, 6.45) is 42.4. The predicted molar refractivity (Wildman–Crippen MR) is 236 cm³/mol. The van der Waals surface area contributed by atoms with Crippen molar-refractivity contribution in [2.24, 2.45) is 0 Å². The number of imide groups is 1. The van der Waals surface area contributed by atoms with Gasteiger partial charge in [-0.2, -0.15) is 0 Å². The average molecular weight is 761 g/mol. The van der Waals surface area contributed by atoms with Gasteiger partial charge in [-0.15, -0.1) is 0 Å². The Morgan fingerprint density at radius 3 is 0.926 bits per heavy atom. The lowest BCUT2D eigenvalue weighted by Gasteiger charge is -2.35. The molecule has 0 aromatic carbocycles. The van der Waals surface area contributed by atoms with Crippen molar-refractivity contribution in [3.05, 3.63) is 0 Å². The molecule has 0 N–H and O–H groups in total. The molecule has 1 unspecified atom stereocenters. The van der Waals surface area contributed by atoms with E-state index in [-0.39, 0.29) is 11.9 Å². The van der Waals surface area contributed by atoms with Crippen LogP contribution in [0, 0.1) is 0 Å². The Morgan fingerprint density at radius 2 is 0.648 bits per heavy atom. The molecular formula is C48H96N4O2. The summed E-state index contributed by atoms with van der Waals surface area (Å²) >= 11 is 0. The third kappa shape index (κ3) is 23.2. The summed E-state index contributed by atoms with van der Waals surface area (Å²) < 4.78 is 0. The normalized spacial score (nSPS) is 16.3. The minimum Gasteiger partial charge on any atom is -0.297 e. The molecule has 1 atom stereocenters. The van der Waals surface area contributed by atoms with E-state index in [2.05, 4.69) is 44.4 Å². The van der Waals surface area contributed by atoms with E-state index >= 15 is 0 Å². The lowest BCUT2D eigenvalue weighted by Crippen LogP contribution is -2.51. The number of hydrogen-bond donors (Lipinski definition) is 0. The van der Waals surface area contributed by atoms with E-state index in [1.165, 1.54) is 193 Å². The molecule has 1 saturated heterocycles. The number of nitrogens with zero attached hydrogens (tertiary/aromatic N) is 4. The molecule has 1 heterocycles.